The summed E-state index contributed by atoms with van der Waals surface area (Å²) < 4.78 is 27.2. The molecule has 1 rings (SSSR count). The molecule has 0 bridgehead atoms. The summed E-state index contributed by atoms with van der Waals surface area (Å²) in [5.74, 6) is 0. The Morgan fingerprint density at radius 2 is 2.00 bits per heavy atom. The molecular weight excluding hydrogens is 280 g/mol. The van der Waals surface area contributed by atoms with Gasteiger partial charge in [-0.3, -0.25) is 0 Å². The van der Waals surface area contributed by atoms with Crippen molar-refractivity contribution in [3.63, 3.8) is 0 Å². The summed E-state index contributed by atoms with van der Waals surface area (Å²) in [6, 6.07) is 3.65. The van der Waals surface area contributed by atoms with Gasteiger partial charge in [-0.15, -0.1) is 11.3 Å². The third kappa shape index (κ3) is 4.02. The van der Waals surface area contributed by atoms with Crippen molar-refractivity contribution in [2.45, 2.75) is 50.9 Å². The smallest absolute Gasteiger partial charge is 0.252 e. The number of thiophene rings is 1. The Labute approximate surface area is 120 Å². The standard InChI is InChI=1S/C13H24N2O2S2/c1-5-11(4)15(7-3)19(16,17)13-9-8-12(18-13)10-14-6-2/h8-9,11,14H,5-7,10H2,1-4H3. The Kier molecular flexibility index (Phi) is 6.46. The van der Waals surface area contributed by atoms with Gasteiger partial charge in [-0.2, -0.15) is 4.31 Å². The fraction of sp³-hybridized carbons (Fsp3) is 0.692. The van der Waals surface area contributed by atoms with Gasteiger partial charge in [0.05, 0.1) is 0 Å². The molecule has 19 heavy (non-hydrogen) atoms. The molecule has 0 fully saturated rings. The Morgan fingerprint density at radius 3 is 2.53 bits per heavy atom. The van der Waals surface area contributed by atoms with Gasteiger partial charge in [-0.1, -0.05) is 20.8 Å². The molecule has 0 saturated carbocycles. The molecule has 0 aliphatic rings. The van der Waals surface area contributed by atoms with E-state index in [0.717, 1.165) is 24.4 Å². The monoisotopic (exact) mass is 304 g/mol. The first-order valence-electron chi connectivity index (χ1n) is 6.78. The fourth-order valence-corrected chi connectivity index (χ4v) is 5.05. The van der Waals surface area contributed by atoms with Crippen LogP contribution in [0.2, 0.25) is 0 Å². The van der Waals surface area contributed by atoms with Gasteiger partial charge >= 0.3 is 0 Å². The molecule has 1 unspecified atom stereocenters. The van der Waals surface area contributed by atoms with E-state index < -0.39 is 10.0 Å². The molecule has 1 N–H and O–H groups in total. The number of nitrogens with one attached hydrogen (secondary N) is 1. The van der Waals surface area contributed by atoms with Crippen molar-refractivity contribution in [1.29, 1.82) is 0 Å². The fourth-order valence-electron chi connectivity index (χ4n) is 1.88. The molecule has 0 amide bonds. The second kappa shape index (κ2) is 7.38. The number of nitrogens with zero attached hydrogens (tertiary/aromatic N) is 1. The number of hydrogen-bond donors (Lipinski definition) is 1. The number of hydrogen-bond acceptors (Lipinski definition) is 4. The third-order valence-corrected chi connectivity index (χ3v) is 6.79. The highest BCUT2D eigenvalue weighted by Crippen LogP contribution is 2.26. The Hall–Kier alpha value is -0.430. The lowest BCUT2D eigenvalue weighted by Crippen LogP contribution is -2.37. The van der Waals surface area contributed by atoms with Gasteiger partial charge in [0.25, 0.3) is 10.0 Å². The quantitative estimate of drug-likeness (QED) is 0.803. The zero-order valence-corrected chi connectivity index (χ0v) is 13.8. The maximum absolute atomic E-state index is 12.6. The van der Waals surface area contributed by atoms with Crippen molar-refractivity contribution in [3.05, 3.63) is 17.0 Å². The van der Waals surface area contributed by atoms with Crippen LogP contribution in [0, 0.1) is 0 Å². The Bertz CT molecular complexity index is 483. The highest BCUT2D eigenvalue weighted by atomic mass is 32.2. The highest BCUT2D eigenvalue weighted by Gasteiger charge is 2.28. The predicted octanol–water partition coefficient (Wildman–Crippen LogP) is 2.67. The molecule has 0 aliphatic carbocycles. The molecule has 0 spiro atoms. The molecule has 1 heterocycles. The van der Waals surface area contributed by atoms with E-state index in [0.29, 0.717) is 10.8 Å². The van der Waals surface area contributed by atoms with Crippen LogP contribution in [0.1, 0.15) is 39.0 Å². The van der Waals surface area contributed by atoms with Crippen LogP contribution in [0.25, 0.3) is 0 Å². The van der Waals surface area contributed by atoms with Gasteiger partial charge in [0.1, 0.15) is 4.21 Å². The van der Waals surface area contributed by atoms with Crippen LogP contribution in [0.4, 0.5) is 0 Å². The van der Waals surface area contributed by atoms with Gasteiger partial charge in [-0.05, 0) is 32.0 Å². The minimum absolute atomic E-state index is 0.0364. The normalized spacial score (nSPS) is 13.9. The first-order valence-corrected chi connectivity index (χ1v) is 9.04. The molecule has 6 heteroatoms. The highest BCUT2D eigenvalue weighted by molar-refractivity contribution is 7.91. The van der Waals surface area contributed by atoms with E-state index >= 15 is 0 Å². The van der Waals surface area contributed by atoms with E-state index in [1.54, 1.807) is 10.4 Å². The molecule has 0 aromatic carbocycles. The zero-order valence-electron chi connectivity index (χ0n) is 12.1. The molecule has 0 aliphatic heterocycles. The van der Waals surface area contributed by atoms with Crippen LogP contribution in [0.3, 0.4) is 0 Å². The summed E-state index contributed by atoms with van der Waals surface area (Å²) in [5, 5.41) is 3.21. The lowest BCUT2D eigenvalue weighted by Gasteiger charge is -2.25. The minimum atomic E-state index is -3.34. The topological polar surface area (TPSA) is 49.4 Å². The van der Waals surface area contributed by atoms with Gasteiger partial charge < -0.3 is 5.32 Å². The molecular formula is C13H24N2O2S2. The summed E-state index contributed by atoms with van der Waals surface area (Å²) in [7, 11) is -3.34. The second-order valence-corrected chi connectivity index (χ2v) is 7.75. The first kappa shape index (κ1) is 16.6. The molecule has 1 aromatic heterocycles. The summed E-state index contributed by atoms with van der Waals surface area (Å²) in [5.41, 5.74) is 0. The van der Waals surface area contributed by atoms with Crippen LogP contribution in [-0.4, -0.2) is 31.9 Å². The maximum Gasteiger partial charge on any atom is 0.252 e. The summed E-state index contributed by atoms with van der Waals surface area (Å²) in [6.07, 6.45) is 0.822. The van der Waals surface area contributed by atoms with E-state index in [-0.39, 0.29) is 6.04 Å². The van der Waals surface area contributed by atoms with Crippen molar-refractivity contribution < 1.29 is 8.42 Å². The van der Waals surface area contributed by atoms with Crippen LogP contribution >= 0.6 is 11.3 Å². The second-order valence-electron chi connectivity index (χ2n) is 4.47. The largest absolute Gasteiger partial charge is 0.312 e. The molecule has 0 saturated heterocycles. The van der Waals surface area contributed by atoms with Crippen molar-refractivity contribution in [2.75, 3.05) is 13.1 Å². The van der Waals surface area contributed by atoms with Gasteiger partial charge in [0, 0.05) is 24.0 Å². The lowest BCUT2D eigenvalue weighted by molar-refractivity contribution is 0.343. The van der Waals surface area contributed by atoms with Crippen LogP contribution in [0.15, 0.2) is 16.3 Å². The van der Waals surface area contributed by atoms with Crippen LogP contribution in [-0.2, 0) is 16.6 Å². The summed E-state index contributed by atoms with van der Waals surface area (Å²) in [4.78, 5) is 1.06. The van der Waals surface area contributed by atoms with E-state index in [2.05, 4.69) is 5.32 Å². The molecule has 0 radical (unpaired) electrons. The van der Waals surface area contributed by atoms with Crippen molar-refractivity contribution in [3.8, 4) is 0 Å². The summed E-state index contributed by atoms with van der Waals surface area (Å²) in [6.45, 7) is 10.0. The molecule has 1 aromatic rings. The van der Waals surface area contributed by atoms with Gasteiger partial charge in [0.15, 0.2) is 0 Å². The average molecular weight is 304 g/mol. The van der Waals surface area contributed by atoms with E-state index in [4.69, 9.17) is 0 Å². The van der Waals surface area contributed by atoms with Crippen molar-refractivity contribution in [1.82, 2.24) is 9.62 Å². The average Bonchev–Trinajstić information content (AvgIpc) is 2.86. The Balaban J connectivity index is 2.95. The minimum Gasteiger partial charge on any atom is -0.312 e. The van der Waals surface area contributed by atoms with Crippen LogP contribution in [0.5, 0.6) is 0 Å². The van der Waals surface area contributed by atoms with Crippen LogP contribution < -0.4 is 5.32 Å². The predicted molar refractivity (Wildman–Crippen MR) is 81.0 cm³/mol. The van der Waals surface area contributed by atoms with Gasteiger partial charge in [-0.25, -0.2) is 8.42 Å². The number of sulfonamides is 1. The van der Waals surface area contributed by atoms with E-state index in [1.165, 1.54) is 11.3 Å². The molecule has 1 atom stereocenters. The third-order valence-electron chi connectivity index (χ3n) is 3.14. The first-order chi connectivity index (χ1) is 8.97. The molecule has 4 nitrogen and oxygen atoms in total. The maximum atomic E-state index is 12.6. The van der Waals surface area contributed by atoms with E-state index in [9.17, 15) is 8.42 Å². The lowest BCUT2D eigenvalue weighted by atomic mass is 10.3. The summed E-state index contributed by atoms with van der Waals surface area (Å²) >= 11 is 1.36. The molecule has 110 valence electrons. The number of rotatable bonds is 8. The van der Waals surface area contributed by atoms with Crippen molar-refractivity contribution >= 4 is 21.4 Å². The zero-order chi connectivity index (χ0) is 14.5. The van der Waals surface area contributed by atoms with E-state index in [1.807, 2.05) is 33.8 Å². The van der Waals surface area contributed by atoms with Gasteiger partial charge in [0.2, 0.25) is 0 Å². The Morgan fingerprint density at radius 1 is 1.32 bits per heavy atom. The SMILES string of the molecule is CCNCc1ccc(S(=O)(=O)N(CC)C(C)CC)s1. The van der Waals surface area contributed by atoms with Crippen molar-refractivity contribution in [2.24, 2.45) is 0 Å².